The number of halogens is 4. The van der Waals surface area contributed by atoms with E-state index in [9.17, 15) is 18.0 Å². The Bertz CT molecular complexity index is 470. The highest BCUT2D eigenvalue weighted by Crippen LogP contribution is 2.38. The zero-order valence-electron chi connectivity index (χ0n) is 9.97. The molecule has 1 saturated heterocycles. The summed E-state index contributed by atoms with van der Waals surface area (Å²) in [6.45, 7) is 0. The first kappa shape index (κ1) is 14.6. The van der Waals surface area contributed by atoms with Gasteiger partial charge in [0.15, 0.2) is 0 Å². The molecule has 1 aliphatic rings. The molecule has 19 heavy (non-hydrogen) atoms. The Morgan fingerprint density at radius 3 is 2.37 bits per heavy atom. The van der Waals surface area contributed by atoms with Crippen LogP contribution >= 0.6 is 22.6 Å². The van der Waals surface area contributed by atoms with E-state index in [1.807, 2.05) is 0 Å². The normalized spacial score (nSPS) is 24.1. The van der Waals surface area contributed by atoms with Crippen LogP contribution in [-0.2, 0) is 21.3 Å². The van der Waals surface area contributed by atoms with Crippen molar-refractivity contribution >= 4 is 28.6 Å². The Morgan fingerprint density at radius 1 is 1.26 bits per heavy atom. The molecule has 1 fully saturated rings. The number of hydrogen-bond acceptors (Lipinski definition) is 2. The zero-order valence-corrected chi connectivity index (χ0v) is 12.1. The van der Waals surface area contributed by atoms with Gasteiger partial charge < -0.3 is 4.74 Å². The van der Waals surface area contributed by atoms with Crippen molar-refractivity contribution < 1.29 is 22.7 Å². The van der Waals surface area contributed by atoms with Gasteiger partial charge in [-0.1, -0.05) is 34.7 Å². The van der Waals surface area contributed by atoms with Gasteiger partial charge in [0.25, 0.3) is 0 Å². The molecule has 0 unspecified atom stereocenters. The van der Waals surface area contributed by atoms with Gasteiger partial charge in [-0.2, -0.15) is 13.2 Å². The van der Waals surface area contributed by atoms with E-state index >= 15 is 0 Å². The van der Waals surface area contributed by atoms with E-state index in [0.717, 1.165) is 12.1 Å². The highest BCUT2D eigenvalue weighted by molar-refractivity contribution is 14.1. The Balaban J connectivity index is 2.31. The van der Waals surface area contributed by atoms with Crippen LogP contribution < -0.4 is 0 Å². The molecule has 1 aliphatic heterocycles. The van der Waals surface area contributed by atoms with Crippen LogP contribution in [-0.4, -0.2) is 10.4 Å². The molecule has 1 heterocycles. The monoisotopic (exact) mass is 384 g/mol. The molecule has 1 aromatic rings. The molecule has 1 atom stereocenters. The van der Waals surface area contributed by atoms with Crippen molar-refractivity contribution in [3.63, 3.8) is 0 Å². The number of benzene rings is 1. The van der Waals surface area contributed by atoms with E-state index in [1.165, 1.54) is 12.1 Å². The van der Waals surface area contributed by atoms with Crippen LogP contribution in [0.2, 0.25) is 0 Å². The van der Waals surface area contributed by atoms with Crippen LogP contribution in [0.25, 0.3) is 0 Å². The number of carbonyl (C=O) groups excluding carboxylic acids is 1. The third kappa shape index (κ3) is 3.04. The third-order valence-corrected chi connectivity index (χ3v) is 4.46. The van der Waals surface area contributed by atoms with E-state index in [2.05, 4.69) is 22.6 Å². The second-order valence-electron chi connectivity index (χ2n) is 4.53. The summed E-state index contributed by atoms with van der Waals surface area (Å²) < 4.78 is 43.5. The van der Waals surface area contributed by atoms with Gasteiger partial charge in [-0.05, 0) is 30.5 Å². The average Bonchev–Trinajstić information content (AvgIpc) is 2.38. The summed E-state index contributed by atoms with van der Waals surface area (Å²) in [5, 5.41) is 0. The summed E-state index contributed by atoms with van der Waals surface area (Å²) in [6.07, 6.45) is -2.63. The summed E-state index contributed by atoms with van der Waals surface area (Å²) in [7, 11) is 0. The molecule has 1 aromatic carbocycles. The third-order valence-electron chi connectivity index (χ3n) is 3.22. The van der Waals surface area contributed by atoms with Gasteiger partial charge >= 0.3 is 12.1 Å². The molecule has 2 nitrogen and oxygen atoms in total. The summed E-state index contributed by atoms with van der Waals surface area (Å²) in [6, 6.07) is 4.87. The van der Waals surface area contributed by atoms with Gasteiger partial charge in [0, 0.05) is 10.8 Å². The van der Waals surface area contributed by atoms with Gasteiger partial charge in [-0.3, -0.25) is 4.79 Å². The lowest BCUT2D eigenvalue weighted by atomic mass is 9.87. The lowest BCUT2D eigenvalue weighted by Crippen LogP contribution is -2.37. The smallest absolute Gasteiger partial charge is 0.416 e. The minimum Gasteiger partial charge on any atom is -0.453 e. The Morgan fingerprint density at radius 2 is 1.89 bits per heavy atom. The van der Waals surface area contributed by atoms with Gasteiger partial charge in [-0.25, -0.2) is 0 Å². The van der Waals surface area contributed by atoms with Crippen LogP contribution in [0.3, 0.4) is 0 Å². The highest BCUT2D eigenvalue weighted by atomic mass is 127. The number of rotatable bonds is 2. The number of carbonyl (C=O) groups is 1. The molecule has 0 spiro atoms. The highest BCUT2D eigenvalue weighted by Gasteiger charge is 2.39. The fourth-order valence-electron chi connectivity index (χ4n) is 2.18. The molecular weight excluding hydrogens is 372 g/mol. The zero-order chi connectivity index (χ0) is 14.1. The van der Waals surface area contributed by atoms with E-state index in [4.69, 9.17) is 4.74 Å². The van der Waals surface area contributed by atoms with E-state index in [1.54, 1.807) is 0 Å². The van der Waals surface area contributed by atoms with Crippen molar-refractivity contribution in [1.82, 2.24) is 0 Å². The number of hydrogen-bond donors (Lipinski definition) is 0. The van der Waals surface area contributed by atoms with Crippen molar-refractivity contribution in [3.8, 4) is 0 Å². The lowest BCUT2D eigenvalue weighted by Gasteiger charge is -2.35. The van der Waals surface area contributed by atoms with Crippen molar-refractivity contribution in [2.24, 2.45) is 0 Å². The van der Waals surface area contributed by atoms with Gasteiger partial charge in [0.2, 0.25) is 0 Å². The van der Waals surface area contributed by atoms with Gasteiger partial charge in [0.1, 0.15) is 5.60 Å². The molecule has 0 aliphatic carbocycles. The summed E-state index contributed by atoms with van der Waals surface area (Å²) >= 11 is 2.10. The van der Waals surface area contributed by atoms with Gasteiger partial charge in [-0.15, -0.1) is 0 Å². The quantitative estimate of drug-likeness (QED) is 0.437. The van der Waals surface area contributed by atoms with Crippen molar-refractivity contribution in [3.05, 3.63) is 35.4 Å². The maximum absolute atomic E-state index is 12.5. The van der Waals surface area contributed by atoms with Crippen LogP contribution in [0, 0.1) is 0 Å². The van der Waals surface area contributed by atoms with Crippen molar-refractivity contribution in [2.75, 3.05) is 4.43 Å². The largest absolute Gasteiger partial charge is 0.453 e. The molecule has 0 N–H and O–H groups in total. The summed E-state index contributed by atoms with van der Waals surface area (Å²) in [5.74, 6) is -0.289. The van der Waals surface area contributed by atoms with Crippen LogP contribution in [0.5, 0.6) is 0 Å². The van der Waals surface area contributed by atoms with Crippen molar-refractivity contribution in [2.45, 2.75) is 31.0 Å². The molecule has 2 rings (SSSR count). The maximum atomic E-state index is 12.5. The fourth-order valence-corrected chi connectivity index (χ4v) is 3.15. The Labute approximate surface area is 122 Å². The molecule has 0 saturated carbocycles. The lowest BCUT2D eigenvalue weighted by molar-refractivity contribution is -0.165. The van der Waals surface area contributed by atoms with E-state index < -0.39 is 17.3 Å². The molecule has 0 amide bonds. The van der Waals surface area contributed by atoms with Crippen LogP contribution in [0.15, 0.2) is 24.3 Å². The topological polar surface area (TPSA) is 26.3 Å². The molecule has 104 valence electrons. The fraction of sp³-hybridized carbons (Fsp3) is 0.462. The second kappa shape index (κ2) is 5.30. The van der Waals surface area contributed by atoms with E-state index in [-0.39, 0.29) is 5.97 Å². The second-order valence-corrected chi connectivity index (χ2v) is 5.29. The van der Waals surface area contributed by atoms with Crippen LogP contribution in [0.1, 0.15) is 30.4 Å². The maximum Gasteiger partial charge on any atom is 0.416 e. The number of cyclic esters (lactones) is 1. The molecule has 0 aromatic heterocycles. The van der Waals surface area contributed by atoms with Crippen molar-refractivity contribution in [1.29, 1.82) is 0 Å². The predicted molar refractivity (Wildman–Crippen MR) is 72.0 cm³/mol. The molecule has 6 heteroatoms. The minimum atomic E-state index is -4.35. The number of esters is 1. The van der Waals surface area contributed by atoms with Crippen LogP contribution in [0.4, 0.5) is 13.2 Å². The first-order valence-corrected chi connectivity index (χ1v) is 7.35. The standard InChI is InChI=1S/C13H12F3IO2/c14-13(15,16)10-5-3-9(4-6-10)12(8-17)7-1-2-11(18)19-12/h3-6H,1-2,7-8H2/t12-/m0/s1. The Hall–Kier alpha value is -0.790. The molecule has 0 radical (unpaired) electrons. The van der Waals surface area contributed by atoms with Gasteiger partial charge in [0.05, 0.1) is 5.56 Å². The summed E-state index contributed by atoms with van der Waals surface area (Å²) in [4.78, 5) is 11.4. The Kier molecular flexibility index (Phi) is 4.08. The SMILES string of the molecule is O=C1CCC[C@](CI)(c2ccc(C(F)(F)F)cc2)O1. The average molecular weight is 384 g/mol. The first-order chi connectivity index (χ1) is 8.87. The minimum absolute atomic E-state index is 0.289. The predicted octanol–water partition coefficient (Wildman–Crippen LogP) is 4.06. The first-order valence-electron chi connectivity index (χ1n) is 5.83. The number of alkyl halides is 4. The van der Waals surface area contributed by atoms with E-state index in [0.29, 0.717) is 29.3 Å². The molecule has 0 bridgehead atoms. The molecular formula is C13H12F3IO2. The number of ether oxygens (including phenoxy) is 1. The summed E-state index contributed by atoms with van der Waals surface area (Å²) in [5.41, 5.74) is -0.843.